The molecule has 2 aliphatic rings. The summed E-state index contributed by atoms with van der Waals surface area (Å²) in [7, 11) is 0. The van der Waals surface area contributed by atoms with Gasteiger partial charge in [-0.15, -0.1) is 0 Å². The van der Waals surface area contributed by atoms with Crippen molar-refractivity contribution in [1.82, 2.24) is 15.5 Å². The van der Waals surface area contributed by atoms with Gasteiger partial charge in [-0.3, -0.25) is 4.79 Å². The third-order valence-corrected chi connectivity index (χ3v) is 5.90. The van der Waals surface area contributed by atoms with Crippen molar-refractivity contribution < 1.29 is 14.3 Å². The van der Waals surface area contributed by atoms with Crippen LogP contribution in [0.1, 0.15) is 70.0 Å². The van der Waals surface area contributed by atoms with Gasteiger partial charge in [0, 0.05) is 26.1 Å². The van der Waals surface area contributed by atoms with Crippen molar-refractivity contribution in [2.45, 2.75) is 70.9 Å². The van der Waals surface area contributed by atoms with Crippen LogP contribution in [-0.2, 0) is 16.0 Å². The first-order chi connectivity index (χ1) is 14.3. The summed E-state index contributed by atoms with van der Waals surface area (Å²) in [4.78, 5) is 26.8. The first-order valence-electron chi connectivity index (χ1n) is 11.4. The number of likely N-dealkylation sites (tertiary alicyclic amines) is 1. The molecule has 1 fully saturated rings. The normalized spacial score (nSPS) is 22.1. The lowest BCUT2D eigenvalue weighted by Gasteiger charge is -2.33. The second-order valence-corrected chi connectivity index (χ2v) is 9.65. The Hall–Kier alpha value is -2.08. The number of fused-ring (bicyclic) bond motifs is 1. The van der Waals surface area contributed by atoms with Crippen molar-refractivity contribution in [2.24, 2.45) is 5.92 Å². The Kier molecular flexibility index (Phi) is 7.75. The first-order valence-corrected chi connectivity index (χ1v) is 11.4. The lowest BCUT2D eigenvalue weighted by atomic mass is 9.87. The molecule has 1 aliphatic heterocycles. The molecular weight excluding hydrogens is 378 g/mol. The van der Waals surface area contributed by atoms with Crippen molar-refractivity contribution >= 4 is 12.0 Å². The van der Waals surface area contributed by atoms with Crippen LogP contribution in [0.3, 0.4) is 0 Å². The Morgan fingerprint density at radius 1 is 1.17 bits per heavy atom. The molecule has 1 aromatic carbocycles. The average Bonchev–Trinajstić information content (AvgIpc) is 2.70. The number of alkyl carbamates (subject to hydrolysis) is 1. The predicted molar refractivity (Wildman–Crippen MR) is 118 cm³/mol. The highest BCUT2D eigenvalue weighted by Gasteiger charge is 2.24. The molecule has 6 nitrogen and oxygen atoms in total. The molecule has 0 spiro atoms. The monoisotopic (exact) mass is 415 g/mol. The number of hydrogen-bond donors (Lipinski definition) is 2. The Labute approximate surface area is 180 Å². The van der Waals surface area contributed by atoms with E-state index in [1.807, 2.05) is 20.8 Å². The van der Waals surface area contributed by atoms with E-state index in [9.17, 15) is 9.59 Å². The predicted octanol–water partition coefficient (Wildman–Crippen LogP) is 3.81. The van der Waals surface area contributed by atoms with Gasteiger partial charge in [-0.2, -0.15) is 0 Å². The molecule has 2 unspecified atom stereocenters. The third kappa shape index (κ3) is 7.01. The molecule has 0 bridgehead atoms. The van der Waals surface area contributed by atoms with Crippen LogP contribution in [0.4, 0.5) is 4.79 Å². The van der Waals surface area contributed by atoms with E-state index < -0.39 is 5.60 Å². The summed E-state index contributed by atoms with van der Waals surface area (Å²) in [5, 5.41) is 6.14. The van der Waals surface area contributed by atoms with Gasteiger partial charge in [-0.05, 0) is 76.5 Å². The van der Waals surface area contributed by atoms with Gasteiger partial charge in [0.25, 0.3) is 0 Å². The van der Waals surface area contributed by atoms with Gasteiger partial charge in [0.2, 0.25) is 5.91 Å². The molecule has 0 saturated carbocycles. The van der Waals surface area contributed by atoms with Crippen LogP contribution in [-0.4, -0.2) is 48.7 Å². The highest BCUT2D eigenvalue weighted by molar-refractivity contribution is 5.76. The Bertz CT molecular complexity index is 729. The quantitative estimate of drug-likeness (QED) is 0.741. The first kappa shape index (κ1) is 22.6. The van der Waals surface area contributed by atoms with Crippen LogP contribution in [0.2, 0.25) is 0 Å². The molecule has 1 aromatic rings. The van der Waals surface area contributed by atoms with Gasteiger partial charge in [0.05, 0.1) is 6.04 Å². The van der Waals surface area contributed by atoms with Crippen LogP contribution in [0, 0.1) is 5.92 Å². The van der Waals surface area contributed by atoms with Gasteiger partial charge in [-0.25, -0.2) is 4.79 Å². The fourth-order valence-electron chi connectivity index (χ4n) is 4.49. The molecule has 1 heterocycles. The topological polar surface area (TPSA) is 70.7 Å². The molecule has 3 rings (SSSR count). The number of rotatable bonds is 6. The molecule has 2 N–H and O–H groups in total. The molecular formula is C24H37N3O3. The van der Waals surface area contributed by atoms with Crippen molar-refractivity contribution in [3.63, 3.8) is 0 Å². The average molecular weight is 416 g/mol. The Morgan fingerprint density at radius 2 is 1.97 bits per heavy atom. The van der Waals surface area contributed by atoms with Gasteiger partial charge in [-0.1, -0.05) is 24.3 Å². The molecule has 2 amide bonds. The molecule has 6 heteroatoms. The number of nitrogens with one attached hydrogen (secondary N) is 2. The third-order valence-electron chi connectivity index (χ3n) is 5.90. The number of carbonyl (C=O) groups excluding carboxylic acids is 2. The lowest BCUT2D eigenvalue weighted by Crippen LogP contribution is -2.43. The molecule has 0 radical (unpaired) electrons. The minimum Gasteiger partial charge on any atom is -0.444 e. The zero-order chi connectivity index (χ0) is 21.6. The van der Waals surface area contributed by atoms with Crippen molar-refractivity contribution in [2.75, 3.05) is 26.2 Å². The largest absolute Gasteiger partial charge is 0.444 e. The zero-order valence-corrected chi connectivity index (χ0v) is 18.7. The molecule has 2 atom stereocenters. The number of aryl methyl sites for hydroxylation is 1. The number of nitrogens with zero attached hydrogens (tertiary/aromatic N) is 1. The van der Waals surface area contributed by atoms with E-state index in [-0.39, 0.29) is 18.0 Å². The molecule has 30 heavy (non-hydrogen) atoms. The lowest BCUT2D eigenvalue weighted by molar-refractivity contribution is -0.122. The molecule has 1 aliphatic carbocycles. The maximum atomic E-state index is 12.6. The summed E-state index contributed by atoms with van der Waals surface area (Å²) in [6.45, 7) is 8.92. The van der Waals surface area contributed by atoms with E-state index in [1.54, 1.807) is 0 Å². The smallest absolute Gasteiger partial charge is 0.407 e. The number of amides is 2. The van der Waals surface area contributed by atoms with Crippen molar-refractivity contribution in [3.05, 3.63) is 35.4 Å². The number of carbonyl (C=O) groups is 2. The van der Waals surface area contributed by atoms with Gasteiger partial charge in [0.15, 0.2) is 0 Å². The minimum absolute atomic E-state index is 0.130. The molecule has 166 valence electrons. The van der Waals surface area contributed by atoms with Crippen molar-refractivity contribution in [1.29, 1.82) is 0 Å². The summed E-state index contributed by atoms with van der Waals surface area (Å²) < 4.78 is 5.32. The number of piperidine rings is 1. The zero-order valence-electron chi connectivity index (χ0n) is 18.7. The SMILES string of the molecule is CC(C)(C)OC(=O)NCC1CCCN(CCC(=O)NC2CCCc3ccccc32)C1. The Morgan fingerprint density at radius 3 is 2.77 bits per heavy atom. The minimum atomic E-state index is -0.477. The molecule has 1 saturated heterocycles. The fraction of sp³-hybridized carbons (Fsp3) is 0.667. The highest BCUT2D eigenvalue weighted by atomic mass is 16.6. The van der Waals surface area contributed by atoms with Gasteiger partial charge in [0.1, 0.15) is 5.60 Å². The summed E-state index contributed by atoms with van der Waals surface area (Å²) in [5.74, 6) is 0.533. The maximum Gasteiger partial charge on any atom is 0.407 e. The van der Waals surface area contributed by atoms with E-state index in [0.29, 0.717) is 18.9 Å². The van der Waals surface area contributed by atoms with Crippen LogP contribution in [0.5, 0.6) is 0 Å². The van der Waals surface area contributed by atoms with E-state index >= 15 is 0 Å². The number of ether oxygens (including phenoxy) is 1. The Balaban J connectivity index is 1.39. The second-order valence-electron chi connectivity index (χ2n) is 9.65. The fourth-order valence-corrected chi connectivity index (χ4v) is 4.49. The van der Waals surface area contributed by atoms with Gasteiger partial charge >= 0.3 is 6.09 Å². The van der Waals surface area contributed by atoms with E-state index in [2.05, 4.69) is 39.8 Å². The van der Waals surface area contributed by atoms with Gasteiger partial charge < -0.3 is 20.3 Å². The van der Waals surface area contributed by atoms with Crippen LogP contribution >= 0.6 is 0 Å². The van der Waals surface area contributed by atoms with E-state index in [4.69, 9.17) is 4.74 Å². The van der Waals surface area contributed by atoms with Crippen LogP contribution in [0.25, 0.3) is 0 Å². The number of hydrogen-bond acceptors (Lipinski definition) is 4. The van der Waals surface area contributed by atoms with Crippen LogP contribution in [0.15, 0.2) is 24.3 Å². The summed E-state index contributed by atoms with van der Waals surface area (Å²) in [5.41, 5.74) is 2.17. The van der Waals surface area contributed by atoms with E-state index in [1.165, 1.54) is 11.1 Å². The van der Waals surface area contributed by atoms with Crippen molar-refractivity contribution in [3.8, 4) is 0 Å². The maximum absolute atomic E-state index is 12.6. The number of benzene rings is 1. The summed E-state index contributed by atoms with van der Waals surface area (Å²) in [6.07, 6.45) is 5.60. The highest BCUT2D eigenvalue weighted by Crippen LogP contribution is 2.29. The summed E-state index contributed by atoms with van der Waals surface area (Å²) >= 11 is 0. The van der Waals surface area contributed by atoms with E-state index in [0.717, 1.165) is 51.7 Å². The van der Waals surface area contributed by atoms with Crippen LogP contribution < -0.4 is 10.6 Å². The second kappa shape index (κ2) is 10.3. The standard InChI is InChI=1S/C24H37N3O3/c1-24(2,3)30-23(29)25-16-18-8-7-14-27(17-18)15-13-22(28)26-21-12-6-10-19-9-4-5-11-20(19)21/h4-5,9,11,18,21H,6-8,10,12-17H2,1-3H3,(H,25,29)(H,26,28). The molecule has 0 aromatic heterocycles. The summed E-state index contributed by atoms with van der Waals surface area (Å²) in [6, 6.07) is 8.60.